The van der Waals surface area contributed by atoms with Crippen LogP contribution in [0.2, 0.25) is 0 Å². The Balaban J connectivity index is 1.82. The molecule has 1 rings (SSSR count). The molecule has 1 saturated carbocycles. The molecule has 0 aromatic rings. The molecule has 20 heavy (non-hydrogen) atoms. The third-order valence-electron chi connectivity index (χ3n) is 5.90. The Bertz CT molecular complexity index is 240. The highest BCUT2D eigenvalue weighted by Crippen LogP contribution is 2.62. The molecule has 0 aliphatic heterocycles. The van der Waals surface area contributed by atoms with E-state index in [9.17, 15) is 0 Å². The summed E-state index contributed by atoms with van der Waals surface area (Å²) in [5.74, 6) is 0. The molecule has 0 unspecified atom stereocenters. The van der Waals surface area contributed by atoms with E-state index in [1.165, 1.54) is 70.8 Å². The first-order valence-corrected chi connectivity index (χ1v) is 9.18. The summed E-state index contributed by atoms with van der Waals surface area (Å²) in [6.07, 6.45) is 14.3. The minimum Gasteiger partial charge on any atom is -0.313 e. The van der Waals surface area contributed by atoms with Crippen LogP contribution in [-0.2, 0) is 0 Å². The van der Waals surface area contributed by atoms with Crippen molar-refractivity contribution < 1.29 is 0 Å². The molecule has 0 heterocycles. The monoisotopic (exact) mass is 281 g/mol. The van der Waals surface area contributed by atoms with Gasteiger partial charge in [-0.3, -0.25) is 0 Å². The lowest BCUT2D eigenvalue weighted by Gasteiger charge is -2.06. The summed E-state index contributed by atoms with van der Waals surface area (Å²) < 4.78 is 0. The summed E-state index contributed by atoms with van der Waals surface area (Å²) >= 11 is 0. The van der Waals surface area contributed by atoms with Gasteiger partial charge < -0.3 is 5.32 Å². The van der Waals surface area contributed by atoms with Crippen molar-refractivity contribution in [3.63, 3.8) is 0 Å². The second-order valence-electron chi connectivity index (χ2n) is 8.01. The maximum absolute atomic E-state index is 3.76. The van der Waals surface area contributed by atoms with E-state index < -0.39 is 0 Å². The molecule has 0 saturated heterocycles. The highest BCUT2D eigenvalue weighted by atomic mass is 15.0. The summed E-state index contributed by atoms with van der Waals surface area (Å²) in [6, 6.07) is 0.730. The Kier molecular flexibility index (Phi) is 7.58. The van der Waals surface area contributed by atoms with Crippen LogP contribution >= 0.6 is 0 Å². The average molecular weight is 282 g/mol. The molecule has 1 heteroatoms. The molecule has 1 aliphatic rings. The van der Waals surface area contributed by atoms with Gasteiger partial charge in [-0.2, -0.15) is 0 Å². The Morgan fingerprint density at radius 3 is 1.45 bits per heavy atom. The molecule has 1 N–H and O–H groups in total. The molecule has 120 valence electrons. The lowest BCUT2D eigenvalue weighted by atomic mass is 10.0. The van der Waals surface area contributed by atoms with Gasteiger partial charge in [-0.05, 0) is 23.8 Å². The van der Waals surface area contributed by atoms with Crippen molar-refractivity contribution in [3.8, 4) is 0 Å². The molecule has 0 atom stereocenters. The fourth-order valence-electron chi connectivity index (χ4n) is 3.57. The highest BCUT2D eigenvalue weighted by molar-refractivity contribution is 5.17. The lowest BCUT2D eigenvalue weighted by Crippen LogP contribution is -2.23. The SMILES string of the molecule is CCCCCCCCCCCCNC1C(C)(C)C1(C)C. The molecule has 0 radical (unpaired) electrons. The number of hydrogen-bond acceptors (Lipinski definition) is 1. The van der Waals surface area contributed by atoms with Gasteiger partial charge in [0.05, 0.1) is 0 Å². The van der Waals surface area contributed by atoms with Crippen LogP contribution < -0.4 is 5.32 Å². The summed E-state index contributed by atoms with van der Waals surface area (Å²) in [6.45, 7) is 13.1. The van der Waals surface area contributed by atoms with Crippen molar-refractivity contribution in [3.05, 3.63) is 0 Å². The number of nitrogens with one attached hydrogen (secondary N) is 1. The Labute approximate surface area is 128 Å². The summed E-state index contributed by atoms with van der Waals surface area (Å²) in [7, 11) is 0. The van der Waals surface area contributed by atoms with Crippen molar-refractivity contribution in [1.29, 1.82) is 0 Å². The molecule has 0 bridgehead atoms. The van der Waals surface area contributed by atoms with Gasteiger partial charge in [-0.25, -0.2) is 0 Å². The van der Waals surface area contributed by atoms with Crippen molar-refractivity contribution >= 4 is 0 Å². The fraction of sp³-hybridized carbons (Fsp3) is 1.00. The molecule has 0 amide bonds. The Morgan fingerprint density at radius 1 is 0.650 bits per heavy atom. The third-order valence-corrected chi connectivity index (χ3v) is 5.90. The summed E-state index contributed by atoms with van der Waals surface area (Å²) in [4.78, 5) is 0. The molecule has 1 aliphatic carbocycles. The van der Waals surface area contributed by atoms with Crippen LogP contribution in [0.3, 0.4) is 0 Å². The van der Waals surface area contributed by atoms with Crippen LogP contribution in [0.4, 0.5) is 0 Å². The molecule has 1 nitrogen and oxygen atoms in total. The number of rotatable bonds is 12. The largest absolute Gasteiger partial charge is 0.313 e. The number of hydrogen-bond donors (Lipinski definition) is 1. The molecule has 0 aromatic carbocycles. The first-order chi connectivity index (χ1) is 9.44. The van der Waals surface area contributed by atoms with E-state index in [2.05, 4.69) is 39.9 Å². The normalized spacial score (nSPS) is 20.2. The second kappa shape index (κ2) is 8.41. The van der Waals surface area contributed by atoms with Crippen molar-refractivity contribution in [1.82, 2.24) is 5.32 Å². The van der Waals surface area contributed by atoms with Gasteiger partial charge in [-0.15, -0.1) is 0 Å². The van der Waals surface area contributed by atoms with Gasteiger partial charge >= 0.3 is 0 Å². The van der Waals surface area contributed by atoms with Crippen LogP contribution in [0.5, 0.6) is 0 Å². The molecule has 0 spiro atoms. The zero-order valence-electron chi connectivity index (χ0n) is 14.9. The van der Waals surface area contributed by atoms with Gasteiger partial charge in [0.2, 0.25) is 0 Å². The van der Waals surface area contributed by atoms with Crippen molar-refractivity contribution in [2.45, 2.75) is 105 Å². The van der Waals surface area contributed by atoms with E-state index >= 15 is 0 Å². The van der Waals surface area contributed by atoms with E-state index in [1.54, 1.807) is 0 Å². The van der Waals surface area contributed by atoms with Gasteiger partial charge in [0.25, 0.3) is 0 Å². The fourth-order valence-corrected chi connectivity index (χ4v) is 3.57. The van der Waals surface area contributed by atoms with E-state index in [-0.39, 0.29) is 0 Å². The minimum atomic E-state index is 0.492. The van der Waals surface area contributed by atoms with E-state index in [1.807, 2.05) is 0 Å². The van der Waals surface area contributed by atoms with Gasteiger partial charge in [0.15, 0.2) is 0 Å². The van der Waals surface area contributed by atoms with E-state index in [0.717, 1.165) is 6.04 Å². The van der Waals surface area contributed by atoms with Gasteiger partial charge in [0.1, 0.15) is 0 Å². The Morgan fingerprint density at radius 2 is 1.05 bits per heavy atom. The zero-order chi connectivity index (χ0) is 15.1. The molecular weight excluding hydrogens is 242 g/mol. The smallest absolute Gasteiger partial charge is 0.0181 e. The molecule has 1 fully saturated rings. The predicted molar refractivity (Wildman–Crippen MR) is 91.2 cm³/mol. The van der Waals surface area contributed by atoms with E-state index in [4.69, 9.17) is 0 Å². The first-order valence-electron chi connectivity index (χ1n) is 9.18. The maximum atomic E-state index is 3.76. The first kappa shape index (κ1) is 18.0. The molecule has 0 aromatic heterocycles. The maximum Gasteiger partial charge on any atom is 0.0181 e. The second-order valence-corrected chi connectivity index (χ2v) is 8.01. The van der Waals surface area contributed by atoms with Gasteiger partial charge in [-0.1, -0.05) is 92.4 Å². The number of unbranched alkanes of at least 4 members (excludes halogenated alkanes) is 9. The van der Waals surface area contributed by atoms with Gasteiger partial charge in [0, 0.05) is 6.04 Å². The van der Waals surface area contributed by atoms with Crippen LogP contribution in [-0.4, -0.2) is 12.6 Å². The quantitative estimate of drug-likeness (QED) is 0.437. The zero-order valence-corrected chi connectivity index (χ0v) is 14.9. The molecular formula is C19H39N. The Hall–Kier alpha value is -0.0400. The predicted octanol–water partition coefficient (Wildman–Crippen LogP) is 5.93. The minimum absolute atomic E-state index is 0.492. The highest BCUT2D eigenvalue weighted by Gasteiger charge is 2.64. The topological polar surface area (TPSA) is 12.0 Å². The van der Waals surface area contributed by atoms with Crippen LogP contribution in [0, 0.1) is 10.8 Å². The lowest BCUT2D eigenvalue weighted by molar-refractivity contribution is 0.457. The van der Waals surface area contributed by atoms with Crippen molar-refractivity contribution in [2.24, 2.45) is 10.8 Å². The summed E-state index contributed by atoms with van der Waals surface area (Å²) in [5.41, 5.74) is 0.983. The average Bonchev–Trinajstić information content (AvgIpc) is 2.77. The third kappa shape index (κ3) is 5.06. The van der Waals surface area contributed by atoms with E-state index in [0.29, 0.717) is 10.8 Å². The van der Waals surface area contributed by atoms with Crippen molar-refractivity contribution in [2.75, 3.05) is 6.54 Å². The van der Waals surface area contributed by atoms with Crippen LogP contribution in [0.1, 0.15) is 98.8 Å². The standard InChI is InChI=1S/C19H39N/c1-6-7-8-9-10-11-12-13-14-15-16-20-17-18(2,3)19(17,4)5/h17,20H,6-16H2,1-5H3. The van der Waals surface area contributed by atoms with Crippen LogP contribution in [0.25, 0.3) is 0 Å². The van der Waals surface area contributed by atoms with Crippen LogP contribution in [0.15, 0.2) is 0 Å². The summed E-state index contributed by atoms with van der Waals surface area (Å²) in [5, 5.41) is 3.76.